The Bertz CT molecular complexity index is 508. The van der Waals surface area contributed by atoms with E-state index in [9.17, 15) is 9.00 Å². The second kappa shape index (κ2) is 9.67. The molecular weight excluding hydrogens is 314 g/mol. The maximum Gasteiger partial charge on any atom is 0.407 e. The SMILES string of the molecule is Cc1ccc(S(=O)OCCCCCNC(=O)OC(C)(C)C)cc1. The zero-order valence-electron chi connectivity index (χ0n) is 14.4. The van der Waals surface area contributed by atoms with Crippen LogP contribution >= 0.6 is 0 Å². The van der Waals surface area contributed by atoms with Crippen LogP contribution in [-0.4, -0.2) is 29.1 Å². The molecule has 1 atom stereocenters. The average molecular weight is 341 g/mol. The molecule has 0 fully saturated rings. The van der Waals surface area contributed by atoms with E-state index in [2.05, 4.69) is 5.32 Å². The number of aryl methyl sites for hydroxylation is 1. The number of hydrogen-bond acceptors (Lipinski definition) is 4. The summed E-state index contributed by atoms with van der Waals surface area (Å²) < 4.78 is 22.3. The first-order chi connectivity index (χ1) is 10.8. The zero-order valence-corrected chi connectivity index (χ0v) is 15.2. The molecule has 0 radical (unpaired) electrons. The van der Waals surface area contributed by atoms with Gasteiger partial charge in [0.1, 0.15) is 5.60 Å². The van der Waals surface area contributed by atoms with Crippen molar-refractivity contribution < 1.29 is 17.9 Å². The van der Waals surface area contributed by atoms with E-state index in [0.717, 1.165) is 24.8 Å². The minimum Gasteiger partial charge on any atom is -0.444 e. The first-order valence-corrected chi connectivity index (χ1v) is 8.94. The standard InChI is InChI=1S/C17H27NO4S/c1-14-8-10-15(11-9-14)23(20)21-13-7-5-6-12-18-16(19)22-17(2,3)4/h8-11H,5-7,12-13H2,1-4H3,(H,18,19). The van der Waals surface area contributed by atoms with Crippen molar-refractivity contribution in [1.82, 2.24) is 5.32 Å². The molecule has 1 aromatic rings. The van der Waals surface area contributed by atoms with E-state index in [0.29, 0.717) is 18.0 Å². The van der Waals surface area contributed by atoms with Gasteiger partial charge in [0.15, 0.2) is 11.1 Å². The number of benzene rings is 1. The molecule has 1 rings (SSSR count). The number of unbranched alkanes of at least 4 members (excludes halogenated alkanes) is 2. The van der Waals surface area contributed by atoms with Gasteiger partial charge in [0, 0.05) is 6.54 Å². The number of nitrogens with one attached hydrogen (secondary N) is 1. The quantitative estimate of drug-likeness (QED) is 0.732. The van der Waals surface area contributed by atoms with Gasteiger partial charge in [-0.2, -0.15) is 0 Å². The zero-order chi connectivity index (χ0) is 17.3. The van der Waals surface area contributed by atoms with Gasteiger partial charge in [-0.15, -0.1) is 0 Å². The van der Waals surface area contributed by atoms with Crippen LogP contribution in [-0.2, 0) is 20.0 Å². The van der Waals surface area contributed by atoms with Gasteiger partial charge in [0.05, 0.1) is 11.5 Å². The van der Waals surface area contributed by atoms with Crippen LogP contribution in [0.2, 0.25) is 0 Å². The minimum absolute atomic E-state index is 0.394. The van der Waals surface area contributed by atoms with Crippen LogP contribution in [0.15, 0.2) is 29.2 Å². The third-order valence-electron chi connectivity index (χ3n) is 2.89. The summed E-state index contributed by atoms with van der Waals surface area (Å²) in [6, 6.07) is 7.46. The fourth-order valence-corrected chi connectivity index (χ4v) is 2.52. The van der Waals surface area contributed by atoms with Crippen LogP contribution in [0, 0.1) is 6.92 Å². The maximum absolute atomic E-state index is 11.9. The smallest absolute Gasteiger partial charge is 0.407 e. The molecule has 0 aromatic heterocycles. The molecule has 130 valence electrons. The van der Waals surface area contributed by atoms with E-state index in [-0.39, 0.29) is 0 Å². The minimum atomic E-state index is -1.41. The number of carbonyl (C=O) groups is 1. The van der Waals surface area contributed by atoms with Gasteiger partial charge in [-0.25, -0.2) is 9.00 Å². The molecule has 1 N–H and O–H groups in total. The van der Waals surface area contributed by atoms with Crippen molar-refractivity contribution >= 4 is 17.2 Å². The van der Waals surface area contributed by atoms with E-state index in [1.165, 1.54) is 0 Å². The van der Waals surface area contributed by atoms with Crippen molar-refractivity contribution in [1.29, 1.82) is 0 Å². The van der Waals surface area contributed by atoms with Crippen molar-refractivity contribution in [3.05, 3.63) is 29.8 Å². The molecule has 0 heterocycles. The molecule has 0 spiro atoms. The predicted molar refractivity (Wildman–Crippen MR) is 91.6 cm³/mol. The van der Waals surface area contributed by atoms with Gasteiger partial charge in [0.25, 0.3) is 0 Å². The van der Waals surface area contributed by atoms with Crippen molar-refractivity contribution in [3.63, 3.8) is 0 Å². The number of rotatable bonds is 8. The van der Waals surface area contributed by atoms with E-state index in [1.54, 1.807) is 0 Å². The number of alkyl carbamates (subject to hydrolysis) is 1. The molecular formula is C17H27NO4S. The Hall–Kier alpha value is -1.40. The summed E-state index contributed by atoms with van der Waals surface area (Å²) in [5.41, 5.74) is 0.654. The fourth-order valence-electron chi connectivity index (χ4n) is 1.76. The summed E-state index contributed by atoms with van der Waals surface area (Å²) in [5, 5.41) is 2.71. The first-order valence-electron chi connectivity index (χ1n) is 7.86. The summed E-state index contributed by atoms with van der Waals surface area (Å²) in [7, 11) is 0. The lowest BCUT2D eigenvalue weighted by Gasteiger charge is -2.19. The number of hydrogen-bond donors (Lipinski definition) is 1. The van der Waals surface area contributed by atoms with Gasteiger partial charge in [-0.05, 0) is 59.1 Å². The topological polar surface area (TPSA) is 64.6 Å². The van der Waals surface area contributed by atoms with Crippen molar-refractivity contribution in [2.75, 3.05) is 13.2 Å². The Balaban J connectivity index is 2.06. The molecule has 0 bridgehead atoms. The normalized spacial score (nSPS) is 12.7. The van der Waals surface area contributed by atoms with Crippen LogP contribution in [0.3, 0.4) is 0 Å². The molecule has 23 heavy (non-hydrogen) atoms. The number of carbonyl (C=O) groups excluding carboxylic acids is 1. The highest BCUT2D eigenvalue weighted by Crippen LogP contribution is 2.10. The summed E-state index contributed by atoms with van der Waals surface area (Å²) in [5.74, 6) is 0. The Kier molecular flexibility index (Phi) is 8.26. The Morgan fingerprint density at radius 3 is 2.39 bits per heavy atom. The summed E-state index contributed by atoms with van der Waals surface area (Å²) in [6.07, 6.45) is 2.13. The van der Waals surface area contributed by atoms with Gasteiger partial charge < -0.3 is 10.1 Å². The van der Waals surface area contributed by atoms with Crippen molar-refractivity contribution in [3.8, 4) is 0 Å². The van der Waals surface area contributed by atoms with Crippen LogP contribution in [0.1, 0.15) is 45.6 Å². The maximum atomic E-state index is 11.9. The molecule has 5 nitrogen and oxygen atoms in total. The number of amides is 1. The molecule has 0 saturated carbocycles. The van der Waals surface area contributed by atoms with Crippen LogP contribution < -0.4 is 5.32 Å². The van der Waals surface area contributed by atoms with E-state index in [4.69, 9.17) is 8.92 Å². The highest BCUT2D eigenvalue weighted by Gasteiger charge is 2.15. The molecule has 0 aliphatic carbocycles. The lowest BCUT2D eigenvalue weighted by molar-refractivity contribution is 0.0527. The highest BCUT2D eigenvalue weighted by atomic mass is 32.2. The number of ether oxygens (including phenoxy) is 1. The molecule has 1 unspecified atom stereocenters. The van der Waals surface area contributed by atoms with Crippen LogP contribution in [0.25, 0.3) is 0 Å². The van der Waals surface area contributed by atoms with Gasteiger partial charge in [-0.1, -0.05) is 17.7 Å². The fraction of sp³-hybridized carbons (Fsp3) is 0.588. The molecule has 0 saturated heterocycles. The average Bonchev–Trinajstić information content (AvgIpc) is 2.45. The Labute approximate surface area is 141 Å². The van der Waals surface area contributed by atoms with E-state index < -0.39 is 22.8 Å². The lowest BCUT2D eigenvalue weighted by Crippen LogP contribution is -2.33. The summed E-state index contributed by atoms with van der Waals surface area (Å²) in [6.45, 7) is 8.48. The van der Waals surface area contributed by atoms with Crippen molar-refractivity contribution in [2.45, 2.75) is 57.5 Å². The van der Waals surface area contributed by atoms with E-state index >= 15 is 0 Å². The Morgan fingerprint density at radius 2 is 1.78 bits per heavy atom. The molecule has 0 aliphatic rings. The Morgan fingerprint density at radius 1 is 1.13 bits per heavy atom. The van der Waals surface area contributed by atoms with Gasteiger partial charge >= 0.3 is 6.09 Å². The second-order valence-electron chi connectivity index (χ2n) is 6.36. The second-order valence-corrected chi connectivity index (χ2v) is 7.54. The first kappa shape index (κ1) is 19.6. The highest BCUT2D eigenvalue weighted by molar-refractivity contribution is 7.80. The summed E-state index contributed by atoms with van der Waals surface area (Å²) in [4.78, 5) is 12.1. The lowest BCUT2D eigenvalue weighted by atomic mass is 10.2. The van der Waals surface area contributed by atoms with Crippen LogP contribution in [0.5, 0.6) is 0 Å². The van der Waals surface area contributed by atoms with Gasteiger partial charge in [0.2, 0.25) is 0 Å². The van der Waals surface area contributed by atoms with Crippen LogP contribution in [0.4, 0.5) is 4.79 Å². The van der Waals surface area contributed by atoms with Gasteiger partial charge in [-0.3, -0.25) is 4.18 Å². The molecule has 1 amide bonds. The van der Waals surface area contributed by atoms with E-state index in [1.807, 2.05) is 52.0 Å². The predicted octanol–water partition coefficient (Wildman–Crippen LogP) is 3.73. The third kappa shape index (κ3) is 9.36. The van der Waals surface area contributed by atoms with Crippen molar-refractivity contribution in [2.24, 2.45) is 0 Å². The molecule has 0 aliphatic heterocycles. The molecule has 6 heteroatoms. The molecule has 1 aromatic carbocycles. The largest absolute Gasteiger partial charge is 0.444 e. The third-order valence-corrected chi connectivity index (χ3v) is 3.93. The summed E-state index contributed by atoms with van der Waals surface area (Å²) >= 11 is -1.41. The monoisotopic (exact) mass is 341 g/mol.